The Labute approximate surface area is 134 Å². The summed E-state index contributed by atoms with van der Waals surface area (Å²) in [6.07, 6.45) is 3.47. The first-order chi connectivity index (χ1) is 11.1. The van der Waals surface area contributed by atoms with Crippen LogP contribution in [0, 0.1) is 0 Å². The van der Waals surface area contributed by atoms with Crippen molar-refractivity contribution in [1.29, 1.82) is 0 Å². The van der Waals surface area contributed by atoms with Gasteiger partial charge in [0.2, 0.25) is 0 Å². The largest absolute Gasteiger partial charge is 0.361 e. The first-order valence-electron chi connectivity index (χ1n) is 7.98. The van der Waals surface area contributed by atoms with Crippen molar-refractivity contribution >= 4 is 5.91 Å². The molecular weight excluding hydrogens is 296 g/mol. The van der Waals surface area contributed by atoms with Crippen LogP contribution >= 0.6 is 0 Å². The van der Waals surface area contributed by atoms with Crippen LogP contribution in [0.2, 0.25) is 0 Å². The second-order valence-electron chi connectivity index (χ2n) is 6.12. The molecule has 0 bridgehead atoms. The summed E-state index contributed by atoms with van der Waals surface area (Å²) < 4.78 is 6.96. The predicted molar refractivity (Wildman–Crippen MR) is 82.7 cm³/mol. The fourth-order valence-electron chi connectivity index (χ4n) is 2.84. The fraction of sp³-hybridized carbons (Fsp3) is 0.600. The quantitative estimate of drug-likeness (QED) is 0.892. The van der Waals surface area contributed by atoms with Gasteiger partial charge in [-0.3, -0.25) is 9.48 Å². The Bertz CT molecular complexity index is 677. The maximum absolute atomic E-state index is 12.7. The van der Waals surface area contributed by atoms with E-state index in [0.717, 1.165) is 24.3 Å². The molecule has 1 amide bonds. The second kappa shape index (κ2) is 6.49. The van der Waals surface area contributed by atoms with E-state index in [2.05, 4.69) is 29.3 Å². The molecule has 0 aromatic carbocycles. The SMILES string of the molecule is CC(C)c1cc(C2CCCN2C(=O)c2cn(CCN)nn2)no1. The third kappa shape index (κ3) is 3.12. The molecule has 1 aliphatic rings. The van der Waals surface area contributed by atoms with Gasteiger partial charge in [-0.25, -0.2) is 0 Å². The van der Waals surface area contributed by atoms with Gasteiger partial charge in [-0.05, 0) is 12.8 Å². The molecule has 0 aliphatic carbocycles. The summed E-state index contributed by atoms with van der Waals surface area (Å²) >= 11 is 0. The molecule has 1 unspecified atom stereocenters. The lowest BCUT2D eigenvalue weighted by Gasteiger charge is -2.21. The molecule has 8 nitrogen and oxygen atoms in total. The Morgan fingerprint density at radius 3 is 3.04 bits per heavy atom. The van der Waals surface area contributed by atoms with Crippen LogP contribution in [-0.2, 0) is 6.54 Å². The van der Waals surface area contributed by atoms with Crippen LogP contribution in [0.4, 0.5) is 0 Å². The van der Waals surface area contributed by atoms with Crippen LogP contribution < -0.4 is 5.73 Å². The summed E-state index contributed by atoms with van der Waals surface area (Å²) in [7, 11) is 0. The highest BCUT2D eigenvalue weighted by molar-refractivity contribution is 5.92. The zero-order chi connectivity index (χ0) is 16.4. The lowest BCUT2D eigenvalue weighted by Crippen LogP contribution is -2.31. The first-order valence-corrected chi connectivity index (χ1v) is 7.98. The summed E-state index contributed by atoms with van der Waals surface area (Å²) in [6.45, 7) is 5.80. The molecule has 1 atom stereocenters. The number of carbonyl (C=O) groups excluding carboxylic acids is 1. The monoisotopic (exact) mass is 318 g/mol. The van der Waals surface area contributed by atoms with Crippen molar-refractivity contribution in [2.45, 2.75) is 45.2 Å². The van der Waals surface area contributed by atoms with Gasteiger partial charge < -0.3 is 15.2 Å². The van der Waals surface area contributed by atoms with Gasteiger partial charge in [-0.15, -0.1) is 5.10 Å². The zero-order valence-corrected chi connectivity index (χ0v) is 13.5. The third-order valence-corrected chi connectivity index (χ3v) is 4.09. The van der Waals surface area contributed by atoms with Crippen LogP contribution in [0.25, 0.3) is 0 Å². The molecule has 2 aromatic rings. The molecule has 3 rings (SSSR count). The van der Waals surface area contributed by atoms with Crippen molar-refractivity contribution in [2.24, 2.45) is 5.73 Å². The van der Waals surface area contributed by atoms with Crippen molar-refractivity contribution < 1.29 is 9.32 Å². The predicted octanol–water partition coefficient (Wildman–Crippen LogP) is 1.33. The van der Waals surface area contributed by atoms with Crippen molar-refractivity contribution in [1.82, 2.24) is 25.1 Å². The van der Waals surface area contributed by atoms with E-state index < -0.39 is 0 Å². The van der Waals surface area contributed by atoms with Gasteiger partial charge in [-0.1, -0.05) is 24.2 Å². The number of hydrogen-bond acceptors (Lipinski definition) is 6. The van der Waals surface area contributed by atoms with Crippen LogP contribution in [0.1, 0.15) is 60.6 Å². The average Bonchev–Trinajstić information content (AvgIpc) is 3.26. The Balaban J connectivity index is 1.78. The molecule has 2 N–H and O–H groups in total. The highest BCUT2D eigenvalue weighted by Crippen LogP contribution is 2.33. The van der Waals surface area contributed by atoms with Gasteiger partial charge in [0.05, 0.1) is 18.8 Å². The Morgan fingerprint density at radius 2 is 2.35 bits per heavy atom. The third-order valence-electron chi connectivity index (χ3n) is 4.09. The summed E-state index contributed by atoms with van der Waals surface area (Å²) in [6, 6.07) is 1.89. The number of aromatic nitrogens is 4. The number of nitrogens with two attached hydrogens (primary N) is 1. The zero-order valence-electron chi connectivity index (χ0n) is 13.5. The summed E-state index contributed by atoms with van der Waals surface area (Å²) in [5.41, 5.74) is 6.65. The highest BCUT2D eigenvalue weighted by Gasteiger charge is 2.34. The van der Waals surface area contributed by atoms with Crippen LogP contribution in [0.5, 0.6) is 0 Å². The minimum Gasteiger partial charge on any atom is -0.361 e. The van der Waals surface area contributed by atoms with Crippen molar-refractivity contribution in [2.75, 3.05) is 13.1 Å². The van der Waals surface area contributed by atoms with Crippen molar-refractivity contribution in [3.8, 4) is 0 Å². The second-order valence-corrected chi connectivity index (χ2v) is 6.12. The van der Waals surface area contributed by atoms with Crippen LogP contribution in [-0.4, -0.2) is 44.0 Å². The van der Waals surface area contributed by atoms with Gasteiger partial charge in [0.15, 0.2) is 5.69 Å². The molecule has 1 saturated heterocycles. The van der Waals surface area contributed by atoms with E-state index >= 15 is 0 Å². The molecule has 0 spiro atoms. The lowest BCUT2D eigenvalue weighted by atomic mass is 10.1. The fourth-order valence-corrected chi connectivity index (χ4v) is 2.84. The molecule has 1 fully saturated rings. The van der Waals surface area contributed by atoms with Crippen LogP contribution in [0.3, 0.4) is 0 Å². The van der Waals surface area contributed by atoms with E-state index in [1.807, 2.05) is 6.07 Å². The Kier molecular flexibility index (Phi) is 4.42. The minimum absolute atomic E-state index is 0.0570. The van der Waals surface area contributed by atoms with E-state index in [0.29, 0.717) is 25.3 Å². The van der Waals surface area contributed by atoms with E-state index in [1.54, 1.807) is 15.8 Å². The maximum Gasteiger partial charge on any atom is 0.276 e. The van der Waals surface area contributed by atoms with E-state index in [1.165, 1.54) is 0 Å². The van der Waals surface area contributed by atoms with Crippen LogP contribution in [0.15, 0.2) is 16.8 Å². The molecule has 0 saturated carbocycles. The smallest absolute Gasteiger partial charge is 0.276 e. The standard InChI is InChI=1S/C15H22N6O2/c1-10(2)14-8-11(18-23-14)13-4-3-6-21(13)15(22)12-9-20(7-5-16)19-17-12/h8-10,13H,3-7,16H2,1-2H3. The average molecular weight is 318 g/mol. The molecule has 3 heterocycles. The topological polar surface area (TPSA) is 103 Å². The number of nitrogens with zero attached hydrogens (tertiary/aromatic N) is 5. The van der Waals surface area contributed by atoms with E-state index in [-0.39, 0.29) is 17.9 Å². The Morgan fingerprint density at radius 1 is 1.52 bits per heavy atom. The first kappa shape index (κ1) is 15.7. The molecule has 8 heteroatoms. The van der Waals surface area contributed by atoms with Crippen molar-refractivity contribution in [3.63, 3.8) is 0 Å². The van der Waals surface area contributed by atoms with Gasteiger partial charge in [0, 0.05) is 25.1 Å². The number of carbonyl (C=O) groups is 1. The summed E-state index contributed by atoms with van der Waals surface area (Å²) in [5.74, 6) is 0.996. The molecule has 124 valence electrons. The number of rotatable bonds is 5. The normalized spacial score (nSPS) is 18.1. The lowest BCUT2D eigenvalue weighted by molar-refractivity contribution is 0.0724. The minimum atomic E-state index is -0.120. The van der Waals surface area contributed by atoms with Gasteiger partial charge in [0.1, 0.15) is 11.5 Å². The van der Waals surface area contributed by atoms with Crippen molar-refractivity contribution in [3.05, 3.63) is 29.4 Å². The van der Waals surface area contributed by atoms with Gasteiger partial charge >= 0.3 is 0 Å². The van der Waals surface area contributed by atoms with E-state index in [9.17, 15) is 4.79 Å². The number of amides is 1. The Hall–Kier alpha value is -2.22. The summed E-state index contributed by atoms with van der Waals surface area (Å²) in [4.78, 5) is 14.5. The molecule has 23 heavy (non-hydrogen) atoms. The molecule has 1 aliphatic heterocycles. The molecule has 0 radical (unpaired) electrons. The summed E-state index contributed by atoms with van der Waals surface area (Å²) in [5, 5.41) is 12.0. The number of likely N-dealkylation sites (tertiary alicyclic amines) is 1. The van der Waals surface area contributed by atoms with Gasteiger partial charge in [-0.2, -0.15) is 0 Å². The van der Waals surface area contributed by atoms with E-state index in [4.69, 9.17) is 10.3 Å². The number of hydrogen-bond donors (Lipinski definition) is 1. The maximum atomic E-state index is 12.7. The molecule has 2 aromatic heterocycles. The highest BCUT2D eigenvalue weighted by atomic mass is 16.5. The molecular formula is C15H22N6O2. The van der Waals surface area contributed by atoms with Gasteiger partial charge in [0.25, 0.3) is 5.91 Å².